The second kappa shape index (κ2) is 9.90. The van der Waals surface area contributed by atoms with Crippen molar-refractivity contribution < 1.29 is 9.53 Å². The Labute approximate surface area is 184 Å². The molecule has 0 bridgehead atoms. The molecule has 31 heavy (non-hydrogen) atoms. The minimum absolute atomic E-state index is 0.116. The van der Waals surface area contributed by atoms with Crippen LogP contribution in [0.25, 0.3) is 11.4 Å². The first-order chi connectivity index (χ1) is 15.2. The van der Waals surface area contributed by atoms with Crippen LogP contribution < -0.4 is 10.1 Å². The highest BCUT2D eigenvalue weighted by Gasteiger charge is 2.16. The fourth-order valence-electron chi connectivity index (χ4n) is 3.02. The van der Waals surface area contributed by atoms with Crippen molar-refractivity contribution in [2.45, 2.75) is 11.7 Å². The first-order valence-electron chi connectivity index (χ1n) is 9.67. The summed E-state index contributed by atoms with van der Waals surface area (Å²) in [5, 5.41) is 12.3. The predicted octanol–water partition coefficient (Wildman–Crippen LogP) is 4.13. The number of rotatable bonds is 8. The largest absolute Gasteiger partial charge is 0.497 e. The van der Waals surface area contributed by atoms with Gasteiger partial charge in [0.1, 0.15) is 5.75 Å². The normalized spacial score (nSPS) is 10.6. The van der Waals surface area contributed by atoms with Crippen LogP contribution in [0.15, 0.2) is 84.3 Å². The highest BCUT2D eigenvalue weighted by molar-refractivity contribution is 7.99. The van der Waals surface area contributed by atoms with Crippen LogP contribution in [0.4, 0.5) is 5.69 Å². The monoisotopic (exact) mass is 431 g/mol. The Morgan fingerprint density at radius 1 is 1.00 bits per heavy atom. The number of hydrogen-bond donors (Lipinski definition) is 1. The summed E-state index contributed by atoms with van der Waals surface area (Å²) in [5.74, 6) is 1.58. The van der Waals surface area contributed by atoms with Crippen molar-refractivity contribution in [3.05, 3.63) is 84.7 Å². The quantitative estimate of drug-likeness (QED) is 0.423. The van der Waals surface area contributed by atoms with Crippen molar-refractivity contribution in [1.82, 2.24) is 19.7 Å². The zero-order chi connectivity index (χ0) is 21.5. The Hall–Kier alpha value is -3.65. The Bertz CT molecular complexity index is 1130. The summed E-state index contributed by atoms with van der Waals surface area (Å²) in [6.45, 7) is 0.605. The number of ether oxygens (including phenoxy) is 1. The first-order valence-corrected chi connectivity index (χ1v) is 10.7. The summed E-state index contributed by atoms with van der Waals surface area (Å²) < 4.78 is 7.17. The number of amides is 1. The Balaban J connectivity index is 1.50. The highest BCUT2D eigenvalue weighted by Crippen LogP contribution is 2.25. The van der Waals surface area contributed by atoms with Crippen molar-refractivity contribution in [2.24, 2.45) is 0 Å². The van der Waals surface area contributed by atoms with E-state index in [4.69, 9.17) is 4.74 Å². The number of thioether (sulfide) groups is 1. The lowest BCUT2D eigenvalue weighted by molar-refractivity contribution is -0.113. The zero-order valence-corrected chi connectivity index (χ0v) is 17.7. The average molecular weight is 432 g/mol. The smallest absolute Gasteiger partial charge is 0.234 e. The molecule has 0 radical (unpaired) electrons. The van der Waals surface area contributed by atoms with E-state index in [9.17, 15) is 4.79 Å². The van der Waals surface area contributed by atoms with Gasteiger partial charge >= 0.3 is 0 Å². The fraction of sp³-hybridized carbons (Fsp3) is 0.130. The molecule has 0 spiro atoms. The van der Waals surface area contributed by atoms with E-state index < -0.39 is 0 Å². The van der Waals surface area contributed by atoms with Crippen LogP contribution >= 0.6 is 11.8 Å². The molecule has 7 nitrogen and oxygen atoms in total. The average Bonchev–Trinajstić information content (AvgIpc) is 3.22. The van der Waals surface area contributed by atoms with Gasteiger partial charge in [-0.05, 0) is 42.0 Å². The standard InChI is InChI=1S/C23H21N5O2S/c1-30-20-9-7-19(8-10-20)25-21(29)16-31-23-27-26-22(18-11-13-24-14-12-18)28(23)15-17-5-3-2-4-6-17/h2-14H,15-16H2,1H3,(H,25,29). The second-order valence-electron chi connectivity index (χ2n) is 6.68. The van der Waals surface area contributed by atoms with E-state index in [-0.39, 0.29) is 11.7 Å². The SMILES string of the molecule is COc1ccc(NC(=O)CSc2nnc(-c3ccncc3)n2Cc2ccccc2)cc1. The van der Waals surface area contributed by atoms with Gasteiger partial charge in [0.25, 0.3) is 0 Å². The van der Waals surface area contributed by atoms with E-state index in [0.717, 1.165) is 28.4 Å². The van der Waals surface area contributed by atoms with E-state index in [1.165, 1.54) is 11.8 Å². The molecule has 8 heteroatoms. The van der Waals surface area contributed by atoms with Crippen LogP contribution in [0.3, 0.4) is 0 Å². The van der Waals surface area contributed by atoms with Crippen LogP contribution in [0.2, 0.25) is 0 Å². The third-order valence-corrected chi connectivity index (χ3v) is 5.51. The molecule has 1 amide bonds. The highest BCUT2D eigenvalue weighted by atomic mass is 32.2. The number of methoxy groups -OCH3 is 1. The summed E-state index contributed by atoms with van der Waals surface area (Å²) in [7, 11) is 1.61. The maximum absolute atomic E-state index is 12.5. The van der Waals surface area contributed by atoms with Gasteiger partial charge in [0.05, 0.1) is 19.4 Å². The van der Waals surface area contributed by atoms with Gasteiger partial charge in [-0.25, -0.2) is 0 Å². The Morgan fingerprint density at radius 3 is 2.45 bits per heavy atom. The van der Waals surface area contributed by atoms with Crippen molar-refractivity contribution in [1.29, 1.82) is 0 Å². The molecule has 2 heterocycles. The topological polar surface area (TPSA) is 81.9 Å². The molecule has 0 saturated heterocycles. The molecule has 0 saturated carbocycles. The summed E-state index contributed by atoms with van der Waals surface area (Å²) in [6.07, 6.45) is 3.46. The van der Waals surface area contributed by atoms with Gasteiger partial charge in [0.15, 0.2) is 11.0 Å². The fourth-order valence-corrected chi connectivity index (χ4v) is 3.76. The molecule has 2 aromatic carbocycles. The number of carbonyl (C=O) groups is 1. The number of nitrogens with one attached hydrogen (secondary N) is 1. The summed E-state index contributed by atoms with van der Waals surface area (Å²) in [4.78, 5) is 16.5. The molecule has 0 unspecified atom stereocenters. The van der Waals surface area contributed by atoms with Gasteiger partial charge in [-0.1, -0.05) is 42.1 Å². The van der Waals surface area contributed by atoms with E-state index in [1.807, 2.05) is 34.9 Å². The van der Waals surface area contributed by atoms with Gasteiger partial charge in [0, 0.05) is 23.6 Å². The Morgan fingerprint density at radius 2 is 1.74 bits per heavy atom. The number of carbonyl (C=O) groups excluding carboxylic acids is 1. The summed E-state index contributed by atoms with van der Waals surface area (Å²) >= 11 is 1.35. The minimum atomic E-state index is -0.116. The van der Waals surface area contributed by atoms with Gasteiger partial charge < -0.3 is 10.1 Å². The number of aromatic nitrogens is 4. The van der Waals surface area contributed by atoms with E-state index in [0.29, 0.717) is 11.7 Å². The lowest BCUT2D eigenvalue weighted by atomic mass is 10.2. The zero-order valence-electron chi connectivity index (χ0n) is 16.9. The van der Waals surface area contributed by atoms with Gasteiger partial charge in [0.2, 0.25) is 5.91 Å². The second-order valence-corrected chi connectivity index (χ2v) is 7.62. The van der Waals surface area contributed by atoms with Crippen molar-refractivity contribution in [3.63, 3.8) is 0 Å². The lowest BCUT2D eigenvalue weighted by Gasteiger charge is -2.11. The molecule has 0 aliphatic carbocycles. The maximum Gasteiger partial charge on any atom is 0.234 e. The van der Waals surface area contributed by atoms with Gasteiger partial charge in [-0.3, -0.25) is 14.3 Å². The molecular formula is C23H21N5O2S. The number of nitrogens with zero attached hydrogens (tertiary/aromatic N) is 4. The van der Waals surface area contributed by atoms with Crippen LogP contribution in [0, 0.1) is 0 Å². The molecule has 0 aliphatic rings. The molecule has 156 valence electrons. The maximum atomic E-state index is 12.5. The first kappa shape index (κ1) is 20.6. The van der Waals surface area contributed by atoms with E-state index >= 15 is 0 Å². The van der Waals surface area contributed by atoms with Crippen LogP contribution in [0.5, 0.6) is 5.75 Å². The molecule has 4 rings (SSSR count). The molecule has 1 N–H and O–H groups in total. The lowest BCUT2D eigenvalue weighted by Crippen LogP contribution is -2.14. The van der Waals surface area contributed by atoms with E-state index in [1.54, 1.807) is 43.8 Å². The van der Waals surface area contributed by atoms with Crippen molar-refractivity contribution >= 4 is 23.4 Å². The number of hydrogen-bond acceptors (Lipinski definition) is 6. The molecule has 2 aromatic heterocycles. The van der Waals surface area contributed by atoms with Crippen LogP contribution in [-0.4, -0.2) is 38.5 Å². The molecular weight excluding hydrogens is 410 g/mol. The minimum Gasteiger partial charge on any atom is -0.497 e. The van der Waals surface area contributed by atoms with Crippen LogP contribution in [0.1, 0.15) is 5.56 Å². The number of benzene rings is 2. The van der Waals surface area contributed by atoms with Crippen molar-refractivity contribution in [2.75, 3.05) is 18.2 Å². The third-order valence-electron chi connectivity index (χ3n) is 4.55. The molecule has 0 fully saturated rings. The summed E-state index contributed by atoms with van der Waals surface area (Å²) in [6, 6.07) is 21.1. The molecule has 0 aliphatic heterocycles. The van der Waals surface area contributed by atoms with Crippen molar-refractivity contribution in [3.8, 4) is 17.1 Å². The van der Waals surface area contributed by atoms with Crippen LogP contribution in [-0.2, 0) is 11.3 Å². The summed E-state index contributed by atoms with van der Waals surface area (Å²) in [5.41, 5.74) is 2.77. The predicted molar refractivity (Wildman–Crippen MR) is 121 cm³/mol. The number of anilines is 1. The van der Waals surface area contributed by atoms with E-state index in [2.05, 4.69) is 32.6 Å². The molecule has 4 aromatic rings. The van der Waals surface area contributed by atoms with Gasteiger partial charge in [-0.2, -0.15) is 0 Å². The third kappa shape index (κ3) is 5.29. The number of pyridine rings is 1. The Kier molecular flexibility index (Phi) is 6.59. The molecule has 0 atom stereocenters. The van der Waals surface area contributed by atoms with Gasteiger partial charge in [-0.15, -0.1) is 10.2 Å².